The maximum Gasteiger partial charge on any atom is 0.244 e. The molecule has 114 valence electrons. The fourth-order valence-electron chi connectivity index (χ4n) is 2.41. The fourth-order valence-corrected chi connectivity index (χ4v) is 2.41. The Labute approximate surface area is 125 Å². The van der Waals surface area contributed by atoms with Gasteiger partial charge in [0.05, 0.1) is 5.54 Å². The van der Waals surface area contributed by atoms with Crippen LogP contribution in [0, 0.1) is 5.92 Å². The van der Waals surface area contributed by atoms with Gasteiger partial charge in [0.25, 0.3) is 0 Å². The van der Waals surface area contributed by atoms with E-state index in [-0.39, 0.29) is 17.7 Å². The third-order valence-electron chi connectivity index (χ3n) is 3.88. The molecule has 1 aliphatic carbocycles. The lowest BCUT2D eigenvalue weighted by Crippen LogP contribution is -2.48. The smallest absolute Gasteiger partial charge is 0.244 e. The van der Waals surface area contributed by atoms with E-state index < -0.39 is 5.54 Å². The van der Waals surface area contributed by atoms with Gasteiger partial charge in [0.1, 0.15) is 0 Å². The minimum absolute atomic E-state index is 0.0290. The predicted molar refractivity (Wildman–Crippen MR) is 83.9 cm³/mol. The van der Waals surface area contributed by atoms with Crippen LogP contribution in [-0.4, -0.2) is 17.4 Å². The van der Waals surface area contributed by atoms with Gasteiger partial charge in [-0.05, 0) is 37.1 Å². The van der Waals surface area contributed by atoms with Crippen LogP contribution in [-0.2, 0) is 9.59 Å². The van der Waals surface area contributed by atoms with Crippen LogP contribution in [0.5, 0.6) is 0 Å². The van der Waals surface area contributed by atoms with E-state index in [1.165, 1.54) is 0 Å². The van der Waals surface area contributed by atoms with Gasteiger partial charge in [0.15, 0.2) is 0 Å². The molecule has 2 amide bonds. The van der Waals surface area contributed by atoms with Crippen molar-refractivity contribution in [3.63, 3.8) is 0 Å². The summed E-state index contributed by atoms with van der Waals surface area (Å²) in [4.78, 5) is 23.8. The maximum absolute atomic E-state index is 12.2. The molecule has 5 heteroatoms. The molecule has 5 nitrogen and oxygen atoms in total. The lowest BCUT2D eigenvalue weighted by molar-refractivity contribution is -0.121. The van der Waals surface area contributed by atoms with Gasteiger partial charge in [0, 0.05) is 17.3 Å². The van der Waals surface area contributed by atoms with Gasteiger partial charge in [0.2, 0.25) is 11.8 Å². The van der Waals surface area contributed by atoms with E-state index in [0.29, 0.717) is 5.69 Å². The number of nitrogens with one attached hydrogen (secondary N) is 2. The minimum atomic E-state index is -0.732. The molecule has 1 aromatic rings. The highest BCUT2D eigenvalue weighted by Crippen LogP contribution is 2.28. The van der Waals surface area contributed by atoms with E-state index in [4.69, 9.17) is 5.73 Å². The number of carbonyl (C=O) groups is 2. The zero-order chi connectivity index (χ0) is 15.5. The number of anilines is 2. The summed E-state index contributed by atoms with van der Waals surface area (Å²) in [6, 6.07) is 7.08. The summed E-state index contributed by atoms with van der Waals surface area (Å²) in [5.74, 6) is -0.221. The van der Waals surface area contributed by atoms with E-state index in [1.807, 2.05) is 13.8 Å². The molecule has 1 fully saturated rings. The van der Waals surface area contributed by atoms with Gasteiger partial charge in [-0.1, -0.05) is 26.7 Å². The highest BCUT2D eigenvalue weighted by Gasteiger charge is 2.36. The lowest BCUT2D eigenvalue weighted by Gasteiger charge is -2.22. The van der Waals surface area contributed by atoms with Crippen molar-refractivity contribution in [1.29, 1.82) is 0 Å². The first-order valence-corrected chi connectivity index (χ1v) is 7.42. The number of benzene rings is 1. The summed E-state index contributed by atoms with van der Waals surface area (Å²) in [5, 5.41) is 5.66. The third-order valence-corrected chi connectivity index (χ3v) is 3.88. The van der Waals surface area contributed by atoms with Gasteiger partial charge < -0.3 is 16.4 Å². The standard InChI is InChI=1S/C16H23N3O2/c1-11(2)14(20)18-12-5-7-13(8-6-12)19-15(21)16(17)9-3-4-10-16/h5-8,11H,3-4,9-10,17H2,1-2H3,(H,18,20)(H,19,21). The normalized spacial score (nSPS) is 16.8. The van der Waals surface area contributed by atoms with E-state index >= 15 is 0 Å². The zero-order valence-electron chi connectivity index (χ0n) is 12.6. The second-order valence-electron chi connectivity index (χ2n) is 6.04. The Morgan fingerprint density at radius 1 is 1.05 bits per heavy atom. The van der Waals surface area contributed by atoms with Crippen LogP contribution in [0.4, 0.5) is 11.4 Å². The van der Waals surface area contributed by atoms with Crippen molar-refractivity contribution >= 4 is 23.2 Å². The molecule has 0 radical (unpaired) electrons. The Bertz CT molecular complexity index is 517. The Balaban J connectivity index is 1.96. The van der Waals surface area contributed by atoms with Gasteiger partial charge in [-0.2, -0.15) is 0 Å². The lowest BCUT2D eigenvalue weighted by atomic mass is 9.98. The fraction of sp³-hybridized carbons (Fsp3) is 0.500. The molecule has 0 aromatic heterocycles. The van der Waals surface area contributed by atoms with E-state index in [0.717, 1.165) is 31.4 Å². The molecule has 1 aliphatic rings. The van der Waals surface area contributed by atoms with Crippen LogP contribution >= 0.6 is 0 Å². The SMILES string of the molecule is CC(C)C(=O)Nc1ccc(NC(=O)C2(N)CCCC2)cc1. The first kappa shape index (κ1) is 15.5. The molecule has 0 aliphatic heterocycles. The molecule has 0 unspecified atom stereocenters. The molecule has 0 bridgehead atoms. The average Bonchev–Trinajstić information content (AvgIpc) is 2.89. The van der Waals surface area contributed by atoms with Gasteiger partial charge in [-0.15, -0.1) is 0 Å². The molecule has 21 heavy (non-hydrogen) atoms. The summed E-state index contributed by atoms with van der Waals surface area (Å²) >= 11 is 0. The first-order valence-electron chi connectivity index (χ1n) is 7.42. The molecule has 0 spiro atoms. The van der Waals surface area contributed by atoms with Gasteiger partial charge >= 0.3 is 0 Å². The van der Waals surface area contributed by atoms with E-state index in [2.05, 4.69) is 10.6 Å². The quantitative estimate of drug-likeness (QED) is 0.796. The molecular weight excluding hydrogens is 266 g/mol. The maximum atomic E-state index is 12.2. The van der Waals surface area contributed by atoms with Crippen molar-refractivity contribution in [3.8, 4) is 0 Å². The number of nitrogens with two attached hydrogens (primary N) is 1. The largest absolute Gasteiger partial charge is 0.326 e. The summed E-state index contributed by atoms with van der Waals surface area (Å²) in [6.45, 7) is 3.68. The Kier molecular flexibility index (Phi) is 4.63. The van der Waals surface area contributed by atoms with Crippen molar-refractivity contribution in [3.05, 3.63) is 24.3 Å². The molecule has 2 rings (SSSR count). The number of rotatable bonds is 4. The number of hydrogen-bond acceptors (Lipinski definition) is 3. The zero-order valence-corrected chi connectivity index (χ0v) is 12.6. The number of amides is 2. The molecule has 0 heterocycles. The monoisotopic (exact) mass is 289 g/mol. The molecular formula is C16H23N3O2. The topological polar surface area (TPSA) is 84.2 Å². The third kappa shape index (κ3) is 3.82. The molecule has 0 atom stereocenters. The Morgan fingerprint density at radius 2 is 1.52 bits per heavy atom. The second-order valence-corrected chi connectivity index (χ2v) is 6.04. The summed E-state index contributed by atoms with van der Waals surface area (Å²) < 4.78 is 0. The van der Waals surface area contributed by atoms with Crippen LogP contribution in [0.25, 0.3) is 0 Å². The van der Waals surface area contributed by atoms with Crippen LogP contribution in [0.15, 0.2) is 24.3 Å². The molecule has 4 N–H and O–H groups in total. The van der Waals surface area contributed by atoms with Crippen molar-refractivity contribution in [2.24, 2.45) is 11.7 Å². The van der Waals surface area contributed by atoms with Crippen molar-refractivity contribution in [2.75, 3.05) is 10.6 Å². The van der Waals surface area contributed by atoms with Gasteiger partial charge in [-0.3, -0.25) is 9.59 Å². The Morgan fingerprint density at radius 3 is 2.00 bits per heavy atom. The summed E-state index contributed by atoms with van der Waals surface area (Å²) in [5.41, 5.74) is 6.79. The number of carbonyl (C=O) groups excluding carboxylic acids is 2. The van der Waals surface area contributed by atoms with E-state index in [1.54, 1.807) is 24.3 Å². The average molecular weight is 289 g/mol. The Hall–Kier alpha value is -1.88. The molecule has 1 aromatic carbocycles. The first-order chi connectivity index (χ1) is 9.90. The molecule has 0 saturated heterocycles. The van der Waals surface area contributed by atoms with Crippen LogP contribution in [0.3, 0.4) is 0 Å². The van der Waals surface area contributed by atoms with Crippen molar-refractivity contribution < 1.29 is 9.59 Å². The second kappa shape index (κ2) is 6.26. The minimum Gasteiger partial charge on any atom is -0.326 e. The molecule has 1 saturated carbocycles. The highest BCUT2D eigenvalue weighted by atomic mass is 16.2. The number of hydrogen-bond donors (Lipinski definition) is 3. The van der Waals surface area contributed by atoms with Crippen LogP contribution in [0.1, 0.15) is 39.5 Å². The van der Waals surface area contributed by atoms with Gasteiger partial charge in [-0.25, -0.2) is 0 Å². The summed E-state index contributed by atoms with van der Waals surface area (Å²) in [7, 11) is 0. The predicted octanol–water partition coefficient (Wildman–Crippen LogP) is 2.49. The van der Waals surface area contributed by atoms with Crippen molar-refractivity contribution in [1.82, 2.24) is 0 Å². The van der Waals surface area contributed by atoms with E-state index in [9.17, 15) is 9.59 Å². The van der Waals surface area contributed by atoms with Crippen molar-refractivity contribution in [2.45, 2.75) is 45.1 Å². The summed E-state index contributed by atoms with van der Waals surface area (Å²) in [6.07, 6.45) is 3.48. The van der Waals surface area contributed by atoms with Crippen LogP contribution < -0.4 is 16.4 Å². The highest BCUT2D eigenvalue weighted by molar-refractivity contribution is 5.98. The van der Waals surface area contributed by atoms with Crippen LogP contribution in [0.2, 0.25) is 0 Å².